The highest BCUT2D eigenvalue weighted by atomic mass is 19.2. The third kappa shape index (κ3) is 6.63. The molecule has 0 N–H and O–H groups in total. The molecule has 3 nitrogen and oxygen atoms in total. The molecule has 0 saturated heterocycles. The van der Waals surface area contributed by atoms with Crippen molar-refractivity contribution >= 4 is 5.57 Å². The minimum Gasteiger partial charge on any atom is -0.491 e. The minimum absolute atomic E-state index is 0.0117. The highest BCUT2D eigenvalue weighted by molar-refractivity contribution is 5.68. The lowest BCUT2D eigenvalue weighted by molar-refractivity contribution is 0.00322. The average molecular weight is 619 g/mol. The summed E-state index contributed by atoms with van der Waals surface area (Å²) in [6.45, 7) is 4.25. The molecule has 236 valence electrons. The van der Waals surface area contributed by atoms with Crippen LogP contribution < -0.4 is 9.47 Å². The number of halogens is 6. The summed E-state index contributed by atoms with van der Waals surface area (Å²) in [5.74, 6) is -7.00. The molecule has 0 bridgehead atoms. The number of allylic oxidation sites excluding steroid dienone is 2. The van der Waals surface area contributed by atoms with E-state index < -0.39 is 34.9 Å². The normalized spacial score (nSPS) is 20.4. The van der Waals surface area contributed by atoms with E-state index in [1.165, 1.54) is 30.3 Å². The molecule has 2 aliphatic rings. The van der Waals surface area contributed by atoms with Gasteiger partial charge in [0.2, 0.25) is 11.6 Å². The van der Waals surface area contributed by atoms with Crippen molar-refractivity contribution in [2.24, 2.45) is 5.92 Å². The first-order valence-electron chi connectivity index (χ1n) is 15.2. The Hall–Kier alpha value is -3.46. The molecule has 0 spiro atoms. The first-order valence-corrected chi connectivity index (χ1v) is 15.2. The molecule has 2 aliphatic carbocycles. The summed E-state index contributed by atoms with van der Waals surface area (Å²) in [7, 11) is 0. The van der Waals surface area contributed by atoms with Crippen LogP contribution in [0.3, 0.4) is 0 Å². The van der Waals surface area contributed by atoms with Crippen LogP contribution in [0.4, 0.5) is 26.3 Å². The number of ether oxygens (including phenoxy) is 3. The Labute approximate surface area is 253 Å². The van der Waals surface area contributed by atoms with E-state index in [1.54, 1.807) is 19.9 Å². The molecule has 44 heavy (non-hydrogen) atoms. The van der Waals surface area contributed by atoms with Crippen LogP contribution in [0, 0.1) is 40.8 Å². The van der Waals surface area contributed by atoms with Gasteiger partial charge in [-0.3, -0.25) is 0 Å². The zero-order chi connectivity index (χ0) is 31.4. The topological polar surface area (TPSA) is 27.7 Å². The van der Waals surface area contributed by atoms with Crippen LogP contribution in [0.5, 0.6) is 11.5 Å². The van der Waals surface area contributed by atoms with Gasteiger partial charge in [-0.1, -0.05) is 18.2 Å². The number of rotatable bonds is 10. The summed E-state index contributed by atoms with van der Waals surface area (Å²) < 4.78 is 105. The molecule has 0 amide bonds. The Morgan fingerprint density at radius 2 is 1.16 bits per heavy atom. The van der Waals surface area contributed by atoms with Gasteiger partial charge >= 0.3 is 0 Å². The molecule has 1 atom stereocenters. The first kappa shape index (κ1) is 31.9. The van der Waals surface area contributed by atoms with Gasteiger partial charge in [0, 0.05) is 16.7 Å². The second kappa shape index (κ2) is 14.1. The van der Waals surface area contributed by atoms with Crippen molar-refractivity contribution in [1.29, 1.82) is 0 Å². The van der Waals surface area contributed by atoms with Crippen molar-refractivity contribution in [3.63, 3.8) is 0 Å². The molecule has 0 aliphatic heterocycles. The minimum atomic E-state index is -1.29. The highest BCUT2D eigenvalue weighted by Crippen LogP contribution is 2.40. The molecule has 0 heterocycles. The summed E-state index contributed by atoms with van der Waals surface area (Å²) >= 11 is 0. The maximum Gasteiger partial charge on any atom is 0.201 e. The molecule has 1 fully saturated rings. The van der Waals surface area contributed by atoms with E-state index >= 15 is 8.78 Å². The van der Waals surface area contributed by atoms with Gasteiger partial charge in [-0.05, 0) is 106 Å². The molecule has 1 saturated carbocycles. The predicted molar refractivity (Wildman–Crippen MR) is 157 cm³/mol. The van der Waals surface area contributed by atoms with Gasteiger partial charge in [-0.2, -0.15) is 8.78 Å². The molecule has 9 heteroatoms. The molecule has 5 rings (SSSR count). The fourth-order valence-corrected chi connectivity index (χ4v) is 6.24. The van der Waals surface area contributed by atoms with Crippen molar-refractivity contribution in [2.75, 3.05) is 19.8 Å². The fraction of sp³-hybridized carbons (Fsp3) is 0.429. The summed E-state index contributed by atoms with van der Waals surface area (Å²) in [5.41, 5.74) is 0.545. The monoisotopic (exact) mass is 618 g/mol. The Balaban J connectivity index is 1.15. The van der Waals surface area contributed by atoms with E-state index in [2.05, 4.69) is 0 Å². The lowest BCUT2D eigenvalue weighted by atomic mass is 9.81. The van der Waals surface area contributed by atoms with Crippen molar-refractivity contribution in [3.8, 4) is 22.6 Å². The van der Waals surface area contributed by atoms with Gasteiger partial charge < -0.3 is 14.2 Å². The van der Waals surface area contributed by atoms with Crippen molar-refractivity contribution < 1.29 is 40.6 Å². The number of benzene rings is 3. The molecule has 3 aromatic rings. The Bertz CT molecular complexity index is 1510. The van der Waals surface area contributed by atoms with Crippen molar-refractivity contribution in [1.82, 2.24) is 0 Å². The molecule has 0 aromatic heterocycles. The van der Waals surface area contributed by atoms with Gasteiger partial charge in [0.15, 0.2) is 34.8 Å². The molecular formula is C35H36F6O3. The number of hydrogen-bond donors (Lipinski definition) is 0. The van der Waals surface area contributed by atoms with E-state index in [4.69, 9.17) is 14.2 Å². The highest BCUT2D eigenvalue weighted by Gasteiger charge is 2.29. The lowest BCUT2D eigenvalue weighted by Crippen LogP contribution is -2.24. The van der Waals surface area contributed by atoms with Crippen molar-refractivity contribution in [3.05, 3.63) is 88.5 Å². The van der Waals surface area contributed by atoms with Gasteiger partial charge in [0.05, 0.1) is 25.9 Å². The summed E-state index contributed by atoms with van der Waals surface area (Å²) in [6.07, 6.45) is 6.57. The van der Waals surface area contributed by atoms with E-state index in [1.807, 2.05) is 6.08 Å². The SMILES string of the molecule is CCOc1ccc(C2=CCC(COC3CCC(c4ccc(-c5ccc(OCC)c(F)c5F)c(F)c4F)CC3)CC2)c(F)c1F. The Morgan fingerprint density at radius 1 is 0.614 bits per heavy atom. The summed E-state index contributed by atoms with van der Waals surface area (Å²) in [6, 6.07) is 8.16. The molecule has 0 radical (unpaired) electrons. The lowest BCUT2D eigenvalue weighted by Gasteiger charge is -2.31. The first-order chi connectivity index (χ1) is 21.2. The van der Waals surface area contributed by atoms with Gasteiger partial charge in [-0.25, -0.2) is 17.6 Å². The second-order valence-corrected chi connectivity index (χ2v) is 11.4. The van der Waals surface area contributed by atoms with Crippen LogP contribution in [0.1, 0.15) is 75.8 Å². The largest absolute Gasteiger partial charge is 0.491 e. The Kier molecular flexibility index (Phi) is 10.2. The van der Waals surface area contributed by atoms with Crippen LogP contribution in [0.15, 0.2) is 42.5 Å². The maximum absolute atomic E-state index is 15.2. The summed E-state index contributed by atoms with van der Waals surface area (Å²) in [4.78, 5) is 0. The van der Waals surface area contributed by atoms with Crippen LogP contribution >= 0.6 is 0 Å². The predicted octanol–water partition coefficient (Wildman–Crippen LogP) is 9.91. The molecule has 3 aromatic carbocycles. The van der Waals surface area contributed by atoms with Crippen LogP contribution in [-0.2, 0) is 4.74 Å². The van der Waals surface area contributed by atoms with E-state index in [9.17, 15) is 17.6 Å². The van der Waals surface area contributed by atoms with Crippen LogP contribution in [0.2, 0.25) is 0 Å². The molecule has 1 unspecified atom stereocenters. The van der Waals surface area contributed by atoms with E-state index in [-0.39, 0.29) is 64.9 Å². The van der Waals surface area contributed by atoms with Gasteiger partial charge in [0.25, 0.3) is 0 Å². The third-order valence-corrected chi connectivity index (χ3v) is 8.64. The zero-order valence-electron chi connectivity index (χ0n) is 24.8. The summed E-state index contributed by atoms with van der Waals surface area (Å²) in [5, 5.41) is 0. The average Bonchev–Trinajstić information content (AvgIpc) is 3.03. The molecular weight excluding hydrogens is 582 g/mol. The fourth-order valence-electron chi connectivity index (χ4n) is 6.24. The standard InChI is InChI=1S/C35H36F6O3/c1-3-42-28-17-15-25(31(37)34(28)40)21-7-5-20(6-8-21)19-44-23-11-9-22(10-12-23)24-13-14-26(32(38)30(24)36)27-16-18-29(43-4-2)35(41)33(27)39/h7,13-18,20,22-23H,3-6,8-12,19H2,1-2H3. The zero-order valence-corrected chi connectivity index (χ0v) is 24.8. The van der Waals surface area contributed by atoms with E-state index in [0.29, 0.717) is 45.1 Å². The maximum atomic E-state index is 15.2. The van der Waals surface area contributed by atoms with Crippen molar-refractivity contribution in [2.45, 2.75) is 70.8 Å². The Morgan fingerprint density at radius 3 is 1.73 bits per heavy atom. The van der Waals surface area contributed by atoms with E-state index in [0.717, 1.165) is 12.0 Å². The smallest absolute Gasteiger partial charge is 0.201 e. The third-order valence-electron chi connectivity index (χ3n) is 8.64. The van der Waals surface area contributed by atoms with Crippen LogP contribution in [0.25, 0.3) is 16.7 Å². The van der Waals surface area contributed by atoms with Gasteiger partial charge in [-0.15, -0.1) is 0 Å². The van der Waals surface area contributed by atoms with Gasteiger partial charge in [0.1, 0.15) is 0 Å². The quantitative estimate of drug-likeness (QED) is 0.212. The number of hydrogen-bond acceptors (Lipinski definition) is 3. The second-order valence-electron chi connectivity index (χ2n) is 11.4. The van der Waals surface area contributed by atoms with Crippen LogP contribution in [-0.4, -0.2) is 25.9 Å².